The average Bonchev–Trinajstić information content (AvgIpc) is 2.31. The average molecular weight is 225 g/mol. The maximum absolute atomic E-state index is 5.10. The first-order valence-electron chi connectivity index (χ1n) is 6.82. The molecule has 0 bridgehead atoms. The standard InChI is InChI=1S/C14H27NO/c1-3-6-13-7-9-14(10-8-13)15-11-5-12-16-4-2/h4,13-15H,2-3,5-12H2,1H3. The minimum atomic E-state index is 0.761. The summed E-state index contributed by atoms with van der Waals surface area (Å²) >= 11 is 0. The Labute approximate surface area is 100 Å². The van der Waals surface area contributed by atoms with Gasteiger partial charge in [0.05, 0.1) is 12.9 Å². The van der Waals surface area contributed by atoms with E-state index in [1.54, 1.807) is 0 Å². The second-order valence-electron chi connectivity index (χ2n) is 4.85. The minimum absolute atomic E-state index is 0.761. The van der Waals surface area contributed by atoms with Gasteiger partial charge >= 0.3 is 0 Å². The van der Waals surface area contributed by atoms with E-state index < -0.39 is 0 Å². The van der Waals surface area contributed by atoms with Crippen LogP contribution in [0.3, 0.4) is 0 Å². The molecule has 0 saturated heterocycles. The summed E-state index contributed by atoms with van der Waals surface area (Å²) in [6, 6.07) is 0.761. The normalized spacial score (nSPS) is 25.3. The van der Waals surface area contributed by atoms with Crippen molar-refractivity contribution in [2.24, 2.45) is 5.92 Å². The molecule has 1 aliphatic rings. The number of ether oxygens (including phenoxy) is 1. The second kappa shape index (κ2) is 8.63. The monoisotopic (exact) mass is 225 g/mol. The van der Waals surface area contributed by atoms with Crippen molar-refractivity contribution >= 4 is 0 Å². The van der Waals surface area contributed by atoms with Gasteiger partial charge in [-0.05, 0) is 44.6 Å². The third-order valence-electron chi connectivity index (χ3n) is 3.53. The fourth-order valence-corrected chi connectivity index (χ4v) is 2.61. The lowest BCUT2D eigenvalue weighted by molar-refractivity contribution is 0.234. The molecule has 0 atom stereocenters. The van der Waals surface area contributed by atoms with Crippen LogP contribution in [0.25, 0.3) is 0 Å². The summed E-state index contributed by atoms with van der Waals surface area (Å²) in [6.07, 6.45) is 11.0. The molecule has 0 unspecified atom stereocenters. The molecular weight excluding hydrogens is 198 g/mol. The highest BCUT2D eigenvalue weighted by atomic mass is 16.5. The zero-order valence-electron chi connectivity index (χ0n) is 10.7. The Morgan fingerprint density at radius 2 is 2.06 bits per heavy atom. The van der Waals surface area contributed by atoms with E-state index in [9.17, 15) is 0 Å². The Morgan fingerprint density at radius 3 is 2.69 bits per heavy atom. The third kappa shape index (κ3) is 5.55. The Morgan fingerprint density at radius 1 is 1.31 bits per heavy atom. The highest BCUT2D eigenvalue weighted by Gasteiger charge is 2.19. The molecule has 0 radical (unpaired) electrons. The zero-order chi connectivity index (χ0) is 11.6. The Balaban J connectivity index is 1.97. The molecule has 0 heterocycles. The Kier molecular flexibility index (Phi) is 7.32. The van der Waals surface area contributed by atoms with Crippen molar-refractivity contribution in [2.45, 2.75) is 57.9 Å². The molecule has 1 N–H and O–H groups in total. The summed E-state index contributed by atoms with van der Waals surface area (Å²) in [5.41, 5.74) is 0. The summed E-state index contributed by atoms with van der Waals surface area (Å²) in [4.78, 5) is 0. The first-order chi connectivity index (χ1) is 7.86. The maximum Gasteiger partial charge on any atom is 0.0885 e. The molecule has 1 rings (SSSR count). The summed E-state index contributed by atoms with van der Waals surface area (Å²) in [6.45, 7) is 7.70. The molecule has 0 spiro atoms. The van der Waals surface area contributed by atoms with Gasteiger partial charge < -0.3 is 10.1 Å². The van der Waals surface area contributed by atoms with Crippen LogP contribution in [0.1, 0.15) is 51.9 Å². The van der Waals surface area contributed by atoms with Gasteiger partial charge in [-0.3, -0.25) is 0 Å². The van der Waals surface area contributed by atoms with Crippen molar-refractivity contribution in [1.29, 1.82) is 0 Å². The Hall–Kier alpha value is -0.500. The summed E-state index contributed by atoms with van der Waals surface area (Å²) in [5.74, 6) is 1.01. The predicted octanol–water partition coefficient (Wildman–Crippen LogP) is 3.49. The topological polar surface area (TPSA) is 21.3 Å². The molecule has 2 heteroatoms. The van der Waals surface area contributed by atoms with Crippen molar-refractivity contribution in [2.75, 3.05) is 13.2 Å². The van der Waals surface area contributed by atoms with Gasteiger partial charge in [-0.15, -0.1) is 0 Å². The van der Waals surface area contributed by atoms with Crippen molar-refractivity contribution in [3.05, 3.63) is 12.8 Å². The van der Waals surface area contributed by atoms with Crippen LogP contribution >= 0.6 is 0 Å². The second-order valence-corrected chi connectivity index (χ2v) is 4.85. The zero-order valence-corrected chi connectivity index (χ0v) is 10.7. The van der Waals surface area contributed by atoms with Crippen LogP contribution in [0, 0.1) is 5.92 Å². The lowest BCUT2D eigenvalue weighted by Crippen LogP contribution is -2.34. The maximum atomic E-state index is 5.10. The van der Waals surface area contributed by atoms with Gasteiger partial charge in [0.1, 0.15) is 0 Å². The summed E-state index contributed by atoms with van der Waals surface area (Å²) in [5, 5.41) is 3.63. The van der Waals surface area contributed by atoms with E-state index in [2.05, 4.69) is 18.8 Å². The highest BCUT2D eigenvalue weighted by Crippen LogP contribution is 2.27. The molecule has 0 aliphatic heterocycles. The van der Waals surface area contributed by atoms with E-state index in [-0.39, 0.29) is 0 Å². The minimum Gasteiger partial charge on any atom is -0.502 e. The fourth-order valence-electron chi connectivity index (χ4n) is 2.61. The van der Waals surface area contributed by atoms with Crippen LogP contribution in [0.4, 0.5) is 0 Å². The largest absolute Gasteiger partial charge is 0.502 e. The number of hydrogen-bond donors (Lipinski definition) is 1. The molecule has 0 aromatic rings. The third-order valence-corrected chi connectivity index (χ3v) is 3.53. The molecule has 2 nitrogen and oxygen atoms in total. The van der Waals surface area contributed by atoms with Crippen LogP contribution in [0.2, 0.25) is 0 Å². The van der Waals surface area contributed by atoms with Crippen molar-refractivity contribution in [3.63, 3.8) is 0 Å². The first kappa shape index (κ1) is 13.6. The summed E-state index contributed by atoms with van der Waals surface area (Å²) < 4.78 is 5.10. The highest BCUT2D eigenvalue weighted by molar-refractivity contribution is 4.76. The van der Waals surface area contributed by atoms with Gasteiger partial charge in [-0.1, -0.05) is 26.3 Å². The SMILES string of the molecule is C=COCCCNC1CCC(CCC)CC1. The molecule has 1 fully saturated rings. The van der Waals surface area contributed by atoms with Crippen LogP contribution in [0.15, 0.2) is 12.8 Å². The number of hydrogen-bond acceptors (Lipinski definition) is 2. The van der Waals surface area contributed by atoms with E-state index in [4.69, 9.17) is 4.74 Å². The van der Waals surface area contributed by atoms with Gasteiger partial charge in [0.15, 0.2) is 0 Å². The number of nitrogens with one attached hydrogen (secondary N) is 1. The molecule has 1 saturated carbocycles. The molecular formula is C14H27NO. The molecule has 0 aromatic carbocycles. The van der Waals surface area contributed by atoms with Crippen molar-refractivity contribution in [3.8, 4) is 0 Å². The predicted molar refractivity (Wildman–Crippen MR) is 69.4 cm³/mol. The molecule has 1 aliphatic carbocycles. The van der Waals surface area contributed by atoms with Gasteiger partial charge in [0.25, 0.3) is 0 Å². The molecule has 0 aromatic heterocycles. The fraction of sp³-hybridized carbons (Fsp3) is 0.857. The van der Waals surface area contributed by atoms with E-state index in [0.29, 0.717) is 0 Å². The lowest BCUT2D eigenvalue weighted by Gasteiger charge is -2.29. The Bertz CT molecular complexity index is 174. The van der Waals surface area contributed by atoms with Crippen LogP contribution in [0.5, 0.6) is 0 Å². The van der Waals surface area contributed by atoms with Crippen LogP contribution in [-0.4, -0.2) is 19.2 Å². The van der Waals surface area contributed by atoms with Crippen molar-refractivity contribution < 1.29 is 4.74 Å². The van der Waals surface area contributed by atoms with E-state index in [0.717, 1.165) is 31.5 Å². The van der Waals surface area contributed by atoms with Gasteiger partial charge in [0, 0.05) is 6.04 Å². The van der Waals surface area contributed by atoms with E-state index >= 15 is 0 Å². The van der Waals surface area contributed by atoms with Gasteiger partial charge in [-0.25, -0.2) is 0 Å². The smallest absolute Gasteiger partial charge is 0.0885 e. The molecule has 94 valence electrons. The molecule has 16 heavy (non-hydrogen) atoms. The van der Waals surface area contributed by atoms with Crippen LogP contribution in [-0.2, 0) is 4.74 Å². The van der Waals surface area contributed by atoms with Gasteiger partial charge in [-0.2, -0.15) is 0 Å². The molecule has 0 amide bonds. The van der Waals surface area contributed by atoms with Crippen molar-refractivity contribution in [1.82, 2.24) is 5.32 Å². The van der Waals surface area contributed by atoms with E-state index in [1.165, 1.54) is 44.8 Å². The lowest BCUT2D eigenvalue weighted by atomic mass is 9.83. The van der Waals surface area contributed by atoms with Gasteiger partial charge in [0.2, 0.25) is 0 Å². The first-order valence-corrected chi connectivity index (χ1v) is 6.82. The quantitative estimate of drug-likeness (QED) is 0.504. The number of rotatable bonds is 8. The summed E-state index contributed by atoms with van der Waals surface area (Å²) in [7, 11) is 0. The van der Waals surface area contributed by atoms with E-state index in [1.807, 2.05) is 0 Å². The van der Waals surface area contributed by atoms with Crippen LogP contribution < -0.4 is 5.32 Å².